The first-order valence-corrected chi connectivity index (χ1v) is 9.34. The first kappa shape index (κ1) is 22.5. The highest BCUT2D eigenvalue weighted by Gasteiger charge is 2.19. The number of hydrogen-bond donors (Lipinski definition) is 1. The normalized spacial score (nSPS) is 12.2. The molecule has 0 aliphatic carbocycles. The highest BCUT2D eigenvalue weighted by molar-refractivity contribution is 5.82. The molecule has 26 heavy (non-hydrogen) atoms. The summed E-state index contributed by atoms with van der Waals surface area (Å²) in [5.41, 5.74) is 1.46. The maximum Gasteiger partial charge on any atom is 0.137 e. The van der Waals surface area contributed by atoms with Crippen LogP contribution in [-0.2, 0) is 27.2 Å². The van der Waals surface area contributed by atoms with Gasteiger partial charge in [0.15, 0.2) is 0 Å². The molecular formula is C22H34O4. The third-order valence-corrected chi connectivity index (χ3v) is 4.89. The number of benzene rings is 1. The molecule has 0 saturated carbocycles. The van der Waals surface area contributed by atoms with Crippen molar-refractivity contribution in [3.8, 4) is 0 Å². The van der Waals surface area contributed by atoms with Gasteiger partial charge in [0.05, 0.1) is 5.60 Å². The van der Waals surface area contributed by atoms with Crippen molar-refractivity contribution >= 4 is 11.6 Å². The first-order valence-electron chi connectivity index (χ1n) is 9.34. The summed E-state index contributed by atoms with van der Waals surface area (Å²) in [5.74, 6) is 0.377. The minimum Gasteiger partial charge on any atom is -0.396 e. The maximum absolute atomic E-state index is 12.1. The van der Waals surface area contributed by atoms with Crippen molar-refractivity contribution in [2.45, 2.75) is 71.8 Å². The maximum atomic E-state index is 12.1. The second-order valence-corrected chi connectivity index (χ2v) is 8.53. The Morgan fingerprint density at radius 3 is 1.69 bits per heavy atom. The zero-order valence-corrected chi connectivity index (χ0v) is 16.9. The van der Waals surface area contributed by atoms with E-state index in [4.69, 9.17) is 4.74 Å². The van der Waals surface area contributed by atoms with Crippen LogP contribution in [-0.4, -0.2) is 36.0 Å². The molecule has 146 valence electrons. The third-order valence-electron chi connectivity index (χ3n) is 4.89. The van der Waals surface area contributed by atoms with Gasteiger partial charge in [-0.05, 0) is 43.2 Å². The van der Waals surface area contributed by atoms with Crippen LogP contribution in [0.1, 0.15) is 64.5 Å². The van der Waals surface area contributed by atoms with Crippen LogP contribution >= 0.6 is 0 Å². The second-order valence-electron chi connectivity index (χ2n) is 8.53. The van der Waals surface area contributed by atoms with E-state index in [1.165, 1.54) is 0 Å². The summed E-state index contributed by atoms with van der Waals surface area (Å²) in [6.45, 7) is 7.96. The first-order chi connectivity index (χ1) is 12.1. The zero-order valence-electron chi connectivity index (χ0n) is 16.9. The molecule has 0 aliphatic heterocycles. The number of methoxy groups -OCH3 is 1. The molecule has 0 fully saturated rings. The Bertz CT molecular complexity index is 532. The van der Waals surface area contributed by atoms with Crippen molar-refractivity contribution in [3.63, 3.8) is 0 Å². The van der Waals surface area contributed by atoms with Crippen LogP contribution in [0.3, 0.4) is 0 Å². The van der Waals surface area contributed by atoms with Crippen LogP contribution in [0.15, 0.2) is 24.3 Å². The summed E-state index contributed by atoms with van der Waals surface area (Å²) < 4.78 is 5.34. The number of rotatable bonds is 12. The molecule has 0 saturated heterocycles. The van der Waals surface area contributed by atoms with E-state index in [1.54, 1.807) is 7.11 Å². The number of carbonyl (C=O) groups excluding carboxylic acids is 2. The van der Waals surface area contributed by atoms with E-state index in [-0.39, 0.29) is 29.2 Å². The van der Waals surface area contributed by atoms with Gasteiger partial charge in [-0.15, -0.1) is 0 Å². The summed E-state index contributed by atoms with van der Waals surface area (Å²) >= 11 is 0. The molecule has 4 heteroatoms. The number of Topliss-reactive ketones (excluding diaryl/α,β-unsaturated/α-hetero) is 2. The molecule has 1 aromatic carbocycles. The van der Waals surface area contributed by atoms with Gasteiger partial charge in [0, 0.05) is 39.4 Å². The Morgan fingerprint density at radius 2 is 1.31 bits per heavy atom. The van der Waals surface area contributed by atoms with Crippen LogP contribution < -0.4 is 0 Å². The topological polar surface area (TPSA) is 63.6 Å². The molecule has 0 aromatic heterocycles. The lowest BCUT2D eigenvalue weighted by molar-refractivity contribution is -0.120. The molecule has 1 rings (SSSR count). The van der Waals surface area contributed by atoms with Gasteiger partial charge in [0.2, 0.25) is 0 Å². The highest BCUT2D eigenvalue weighted by atomic mass is 16.5. The predicted octanol–water partition coefficient (Wildman–Crippen LogP) is 3.91. The van der Waals surface area contributed by atoms with E-state index in [1.807, 2.05) is 52.0 Å². The number of hydrogen-bond acceptors (Lipinski definition) is 4. The minimum absolute atomic E-state index is 0.0879. The largest absolute Gasteiger partial charge is 0.396 e. The lowest BCUT2D eigenvalue weighted by Gasteiger charge is -2.22. The Kier molecular flexibility index (Phi) is 8.65. The molecule has 4 nitrogen and oxygen atoms in total. The van der Waals surface area contributed by atoms with Crippen molar-refractivity contribution < 1.29 is 19.4 Å². The summed E-state index contributed by atoms with van der Waals surface area (Å²) in [6, 6.07) is 7.72. The highest BCUT2D eigenvalue weighted by Crippen LogP contribution is 2.22. The predicted molar refractivity (Wildman–Crippen MR) is 104 cm³/mol. The number of aliphatic hydroxyl groups is 1. The number of carbonyl (C=O) groups is 2. The molecule has 0 amide bonds. The van der Waals surface area contributed by atoms with Crippen molar-refractivity contribution in [3.05, 3.63) is 35.4 Å². The monoisotopic (exact) mass is 362 g/mol. The zero-order chi connectivity index (χ0) is 19.8. The molecule has 0 bridgehead atoms. The fraction of sp³-hybridized carbons (Fsp3) is 0.636. The SMILES string of the molecule is COC(C)(C)CCC(=O)Cc1ccc(CC(=O)CCC(C)(C)CO)cc1. The van der Waals surface area contributed by atoms with Gasteiger partial charge >= 0.3 is 0 Å². The Labute approximate surface area is 158 Å². The fourth-order valence-corrected chi connectivity index (χ4v) is 2.51. The van der Waals surface area contributed by atoms with Crippen molar-refractivity contribution in [1.29, 1.82) is 0 Å². The molecular weight excluding hydrogens is 328 g/mol. The van der Waals surface area contributed by atoms with E-state index in [0.717, 1.165) is 11.1 Å². The van der Waals surface area contributed by atoms with E-state index in [9.17, 15) is 14.7 Å². The average Bonchev–Trinajstić information content (AvgIpc) is 2.60. The number of ether oxygens (including phenoxy) is 1. The van der Waals surface area contributed by atoms with Gasteiger partial charge < -0.3 is 9.84 Å². The summed E-state index contributed by atoms with van der Waals surface area (Å²) in [4.78, 5) is 24.2. The molecule has 0 unspecified atom stereocenters. The standard InChI is InChI=1S/C22H34O4/c1-21(2,16-23)12-10-19(24)14-17-6-8-18(9-7-17)15-20(25)11-13-22(3,4)26-5/h6-9,23H,10-16H2,1-5H3. The quantitative estimate of drug-likeness (QED) is 0.612. The summed E-state index contributed by atoms with van der Waals surface area (Å²) in [5, 5.41) is 9.25. The van der Waals surface area contributed by atoms with Gasteiger partial charge in [-0.3, -0.25) is 9.59 Å². The van der Waals surface area contributed by atoms with Crippen LogP contribution in [0, 0.1) is 5.41 Å². The molecule has 1 N–H and O–H groups in total. The fourth-order valence-electron chi connectivity index (χ4n) is 2.51. The molecule has 0 radical (unpaired) electrons. The second kappa shape index (κ2) is 9.98. The van der Waals surface area contributed by atoms with E-state index < -0.39 is 0 Å². The molecule has 1 aromatic rings. The van der Waals surface area contributed by atoms with Gasteiger partial charge in [-0.25, -0.2) is 0 Å². The molecule has 0 spiro atoms. The Balaban J connectivity index is 2.45. The van der Waals surface area contributed by atoms with E-state index >= 15 is 0 Å². The molecule has 0 aliphatic rings. The van der Waals surface area contributed by atoms with Crippen molar-refractivity contribution in [2.75, 3.05) is 13.7 Å². The smallest absolute Gasteiger partial charge is 0.137 e. The summed E-state index contributed by atoms with van der Waals surface area (Å²) in [6.07, 6.45) is 3.19. The van der Waals surface area contributed by atoms with Gasteiger partial charge in [0.25, 0.3) is 0 Å². The van der Waals surface area contributed by atoms with Crippen LogP contribution in [0.25, 0.3) is 0 Å². The van der Waals surface area contributed by atoms with Crippen LogP contribution in [0.4, 0.5) is 0 Å². The number of aliphatic hydroxyl groups excluding tert-OH is 1. The Hall–Kier alpha value is -1.52. The average molecular weight is 363 g/mol. The van der Waals surface area contributed by atoms with Gasteiger partial charge in [-0.2, -0.15) is 0 Å². The van der Waals surface area contributed by atoms with Gasteiger partial charge in [0.1, 0.15) is 11.6 Å². The van der Waals surface area contributed by atoms with Crippen molar-refractivity contribution in [2.24, 2.45) is 5.41 Å². The lowest BCUT2D eigenvalue weighted by atomic mass is 9.87. The molecule has 0 heterocycles. The third kappa shape index (κ3) is 8.72. The summed E-state index contributed by atoms with van der Waals surface area (Å²) in [7, 11) is 1.66. The lowest BCUT2D eigenvalue weighted by Crippen LogP contribution is -2.23. The van der Waals surface area contributed by atoms with Crippen LogP contribution in [0.5, 0.6) is 0 Å². The van der Waals surface area contributed by atoms with E-state index in [0.29, 0.717) is 38.5 Å². The Morgan fingerprint density at radius 1 is 0.885 bits per heavy atom. The minimum atomic E-state index is -0.273. The molecule has 0 atom stereocenters. The van der Waals surface area contributed by atoms with E-state index in [2.05, 4.69) is 0 Å². The van der Waals surface area contributed by atoms with Crippen LogP contribution in [0.2, 0.25) is 0 Å². The van der Waals surface area contributed by atoms with Gasteiger partial charge in [-0.1, -0.05) is 38.1 Å². The number of ketones is 2. The van der Waals surface area contributed by atoms with Crippen molar-refractivity contribution in [1.82, 2.24) is 0 Å².